The summed E-state index contributed by atoms with van der Waals surface area (Å²) < 4.78 is 5.26. The first-order chi connectivity index (χ1) is 7.79. The molecule has 1 saturated heterocycles. The van der Waals surface area contributed by atoms with E-state index in [1.54, 1.807) is 0 Å². The van der Waals surface area contributed by atoms with Crippen LogP contribution in [-0.4, -0.2) is 55.2 Å². The van der Waals surface area contributed by atoms with E-state index in [0.717, 1.165) is 13.1 Å². The molecule has 0 N–H and O–H groups in total. The molecule has 0 spiro atoms. The summed E-state index contributed by atoms with van der Waals surface area (Å²) in [5.41, 5.74) is 0. The van der Waals surface area contributed by atoms with Crippen LogP contribution in [0.2, 0.25) is 0 Å². The first kappa shape index (κ1) is 11.7. The molecule has 0 bridgehead atoms. The standard InChI is InChI=1S/C12H22N2O2/c1-13(11-5-3-2-4-6-11)12(15)14-7-9-16-10-8-14/h11H,2-10H2,1H3. The third-order valence-corrected chi connectivity index (χ3v) is 3.71. The minimum absolute atomic E-state index is 0.190. The van der Waals surface area contributed by atoms with Crippen molar-refractivity contribution in [2.45, 2.75) is 38.1 Å². The Morgan fingerprint density at radius 1 is 1.19 bits per heavy atom. The lowest BCUT2D eigenvalue weighted by Crippen LogP contribution is -2.50. The third-order valence-electron chi connectivity index (χ3n) is 3.71. The molecule has 1 heterocycles. The first-order valence-corrected chi connectivity index (χ1v) is 6.38. The summed E-state index contributed by atoms with van der Waals surface area (Å²) in [6.45, 7) is 2.86. The van der Waals surface area contributed by atoms with Gasteiger partial charge in [-0.2, -0.15) is 0 Å². The van der Waals surface area contributed by atoms with Gasteiger partial charge in [-0.3, -0.25) is 0 Å². The number of hydrogen-bond donors (Lipinski definition) is 0. The molecular formula is C12H22N2O2. The second-order valence-corrected chi connectivity index (χ2v) is 4.78. The fourth-order valence-electron chi connectivity index (χ4n) is 2.60. The Kier molecular flexibility index (Phi) is 4.04. The van der Waals surface area contributed by atoms with Gasteiger partial charge in [-0.15, -0.1) is 0 Å². The molecule has 2 rings (SSSR count). The Hall–Kier alpha value is -0.770. The zero-order chi connectivity index (χ0) is 11.4. The van der Waals surface area contributed by atoms with Gasteiger partial charge in [-0.1, -0.05) is 19.3 Å². The average Bonchev–Trinajstić information content (AvgIpc) is 2.39. The highest BCUT2D eigenvalue weighted by atomic mass is 16.5. The Labute approximate surface area is 97.5 Å². The Bertz CT molecular complexity index is 233. The second-order valence-electron chi connectivity index (χ2n) is 4.78. The lowest BCUT2D eigenvalue weighted by molar-refractivity contribution is 0.0403. The minimum atomic E-state index is 0.190. The summed E-state index contributed by atoms with van der Waals surface area (Å²) in [5, 5.41) is 0. The van der Waals surface area contributed by atoms with Crippen molar-refractivity contribution in [2.24, 2.45) is 0 Å². The van der Waals surface area contributed by atoms with Crippen LogP contribution in [0.1, 0.15) is 32.1 Å². The number of urea groups is 1. The summed E-state index contributed by atoms with van der Waals surface area (Å²) in [4.78, 5) is 16.1. The lowest BCUT2D eigenvalue weighted by Gasteiger charge is -2.36. The van der Waals surface area contributed by atoms with Gasteiger partial charge < -0.3 is 14.5 Å². The van der Waals surface area contributed by atoms with Crippen LogP contribution in [0.25, 0.3) is 0 Å². The van der Waals surface area contributed by atoms with Crippen molar-refractivity contribution in [3.63, 3.8) is 0 Å². The van der Waals surface area contributed by atoms with Gasteiger partial charge in [0.25, 0.3) is 0 Å². The van der Waals surface area contributed by atoms with Gasteiger partial charge in [0.05, 0.1) is 13.2 Å². The maximum absolute atomic E-state index is 12.2. The Balaban J connectivity index is 1.86. The fourth-order valence-corrected chi connectivity index (χ4v) is 2.60. The monoisotopic (exact) mass is 226 g/mol. The summed E-state index contributed by atoms with van der Waals surface area (Å²) in [6, 6.07) is 0.652. The molecular weight excluding hydrogens is 204 g/mol. The van der Waals surface area contributed by atoms with Crippen LogP contribution in [0.15, 0.2) is 0 Å². The average molecular weight is 226 g/mol. The van der Waals surface area contributed by atoms with Crippen molar-refractivity contribution < 1.29 is 9.53 Å². The van der Waals surface area contributed by atoms with Crippen molar-refractivity contribution in [2.75, 3.05) is 33.4 Å². The normalized spacial score (nSPS) is 23.2. The predicted octanol–water partition coefficient (Wildman–Crippen LogP) is 1.70. The largest absolute Gasteiger partial charge is 0.378 e. The molecule has 0 radical (unpaired) electrons. The maximum atomic E-state index is 12.2. The zero-order valence-electron chi connectivity index (χ0n) is 10.2. The molecule has 92 valence electrons. The van der Waals surface area contributed by atoms with E-state index in [2.05, 4.69) is 0 Å². The molecule has 1 aliphatic carbocycles. The van der Waals surface area contributed by atoms with Crippen molar-refractivity contribution in [1.29, 1.82) is 0 Å². The molecule has 1 saturated carbocycles. The van der Waals surface area contributed by atoms with E-state index < -0.39 is 0 Å². The summed E-state index contributed by atoms with van der Waals surface area (Å²) in [6.07, 6.45) is 6.21. The summed E-state index contributed by atoms with van der Waals surface area (Å²) in [5.74, 6) is 0. The number of carbonyl (C=O) groups is 1. The van der Waals surface area contributed by atoms with Gasteiger partial charge in [0.15, 0.2) is 0 Å². The van der Waals surface area contributed by atoms with Crippen LogP contribution in [-0.2, 0) is 4.74 Å². The lowest BCUT2D eigenvalue weighted by atomic mass is 9.95. The zero-order valence-corrected chi connectivity index (χ0v) is 10.2. The predicted molar refractivity (Wildman–Crippen MR) is 62.4 cm³/mol. The van der Waals surface area contributed by atoms with Crippen LogP contribution in [0.3, 0.4) is 0 Å². The van der Waals surface area contributed by atoms with Crippen LogP contribution >= 0.6 is 0 Å². The molecule has 16 heavy (non-hydrogen) atoms. The van der Waals surface area contributed by atoms with Crippen LogP contribution in [0.4, 0.5) is 4.79 Å². The van der Waals surface area contributed by atoms with Gasteiger partial charge in [-0.05, 0) is 12.8 Å². The van der Waals surface area contributed by atoms with E-state index in [9.17, 15) is 4.79 Å². The molecule has 0 aromatic heterocycles. The SMILES string of the molecule is CN(C(=O)N1CCOCC1)C1CCCCC1. The molecule has 0 unspecified atom stereocenters. The highest BCUT2D eigenvalue weighted by Gasteiger charge is 2.26. The quantitative estimate of drug-likeness (QED) is 0.682. The first-order valence-electron chi connectivity index (χ1n) is 6.38. The van der Waals surface area contributed by atoms with Gasteiger partial charge >= 0.3 is 6.03 Å². The number of hydrogen-bond acceptors (Lipinski definition) is 2. The van der Waals surface area contributed by atoms with Crippen LogP contribution in [0, 0.1) is 0 Å². The third kappa shape index (κ3) is 2.67. The van der Waals surface area contributed by atoms with E-state index in [0.29, 0.717) is 19.3 Å². The molecule has 0 atom stereocenters. The number of rotatable bonds is 1. The molecule has 2 fully saturated rings. The Morgan fingerprint density at radius 2 is 1.81 bits per heavy atom. The van der Waals surface area contributed by atoms with E-state index in [1.165, 1.54) is 32.1 Å². The number of nitrogens with zero attached hydrogens (tertiary/aromatic N) is 2. The highest BCUT2D eigenvalue weighted by Crippen LogP contribution is 2.22. The molecule has 2 aliphatic rings. The molecule has 1 aliphatic heterocycles. The van der Waals surface area contributed by atoms with Crippen LogP contribution < -0.4 is 0 Å². The van der Waals surface area contributed by atoms with Gasteiger partial charge in [0.2, 0.25) is 0 Å². The fraction of sp³-hybridized carbons (Fsp3) is 0.917. The minimum Gasteiger partial charge on any atom is -0.378 e. The van der Waals surface area contributed by atoms with Gasteiger partial charge in [-0.25, -0.2) is 4.79 Å². The van der Waals surface area contributed by atoms with E-state index in [1.807, 2.05) is 16.8 Å². The van der Waals surface area contributed by atoms with Crippen molar-refractivity contribution >= 4 is 6.03 Å². The van der Waals surface area contributed by atoms with Crippen molar-refractivity contribution in [1.82, 2.24) is 9.80 Å². The summed E-state index contributed by atoms with van der Waals surface area (Å²) >= 11 is 0. The second kappa shape index (κ2) is 5.53. The Morgan fingerprint density at radius 3 is 2.44 bits per heavy atom. The molecule has 0 aromatic carbocycles. The van der Waals surface area contributed by atoms with Crippen molar-refractivity contribution in [3.05, 3.63) is 0 Å². The molecule has 2 amide bonds. The number of amides is 2. The number of ether oxygens (including phenoxy) is 1. The maximum Gasteiger partial charge on any atom is 0.320 e. The van der Waals surface area contributed by atoms with Crippen LogP contribution in [0.5, 0.6) is 0 Å². The number of carbonyl (C=O) groups excluding carboxylic acids is 1. The molecule has 0 aromatic rings. The molecule has 4 heteroatoms. The van der Waals surface area contributed by atoms with Gasteiger partial charge in [0, 0.05) is 26.2 Å². The van der Waals surface area contributed by atoms with E-state index >= 15 is 0 Å². The summed E-state index contributed by atoms with van der Waals surface area (Å²) in [7, 11) is 1.95. The van der Waals surface area contributed by atoms with E-state index in [-0.39, 0.29) is 6.03 Å². The molecule has 4 nitrogen and oxygen atoms in total. The van der Waals surface area contributed by atoms with Crippen molar-refractivity contribution in [3.8, 4) is 0 Å². The van der Waals surface area contributed by atoms with Gasteiger partial charge in [0.1, 0.15) is 0 Å². The number of morpholine rings is 1. The topological polar surface area (TPSA) is 32.8 Å². The smallest absolute Gasteiger partial charge is 0.320 e. The van der Waals surface area contributed by atoms with E-state index in [4.69, 9.17) is 4.74 Å². The highest BCUT2D eigenvalue weighted by molar-refractivity contribution is 5.74.